The molecule has 4 rings (SSSR count). The Bertz CT molecular complexity index is 1280. The van der Waals surface area contributed by atoms with Crippen molar-refractivity contribution in [2.75, 3.05) is 38.7 Å². The number of hydrogen-bond donors (Lipinski definition) is 1. The van der Waals surface area contributed by atoms with Crippen molar-refractivity contribution in [3.05, 3.63) is 76.7 Å². The molecule has 0 saturated carbocycles. The van der Waals surface area contributed by atoms with E-state index in [1.54, 1.807) is 19.1 Å². The van der Waals surface area contributed by atoms with Gasteiger partial charge < -0.3 is 24.4 Å². The summed E-state index contributed by atoms with van der Waals surface area (Å²) < 4.78 is 48.3. The standard InChI is InChI=1S/C27H31ClF3N5O2/c1-26(19-12-13-34(2)15-19)17-32-23(27(29,30)31)16-36(26)24-21(28)9-10-22(33-24)25(37)35(3)14-11-18-5-7-20(38-4)8-6-18/h5-10,12-13,15,23,32H,11,14,16-17H2,1-4H3. The number of carbonyl (C=O) groups excluding carboxylic acids is 1. The maximum atomic E-state index is 13.8. The van der Waals surface area contributed by atoms with Crippen molar-refractivity contribution in [1.29, 1.82) is 0 Å². The molecule has 1 amide bonds. The Hall–Kier alpha value is -3.24. The van der Waals surface area contributed by atoms with Crippen LogP contribution in [0.3, 0.4) is 0 Å². The van der Waals surface area contributed by atoms with Crippen LogP contribution in [0, 0.1) is 0 Å². The van der Waals surface area contributed by atoms with Crippen LogP contribution in [0.25, 0.3) is 0 Å². The van der Waals surface area contributed by atoms with Crippen LogP contribution in [-0.2, 0) is 19.0 Å². The van der Waals surface area contributed by atoms with Crippen molar-refractivity contribution >= 4 is 23.3 Å². The SMILES string of the molecule is COc1ccc(CCN(C)C(=O)c2ccc(Cl)c(N3CC(C(F)(F)F)NCC3(C)c3ccn(C)c3)n2)cc1. The number of ether oxygens (including phenoxy) is 1. The normalized spacial score (nSPS) is 19.9. The average molecular weight is 550 g/mol. The molecule has 11 heteroatoms. The summed E-state index contributed by atoms with van der Waals surface area (Å²) in [6.07, 6.45) is -0.151. The number of nitrogens with one attached hydrogen (secondary N) is 1. The number of amides is 1. The van der Waals surface area contributed by atoms with E-state index >= 15 is 0 Å². The molecule has 0 aliphatic carbocycles. The molecule has 204 valence electrons. The lowest BCUT2D eigenvalue weighted by atomic mass is 9.88. The first-order chi connectivity index (χ1) is 17.9. The summed E-state index contributed by atoms with van der Waals surface area (Å²) in [6.45, 7) is 1.87. The Balaban J connectivity index is 1.61. The molecule has 1 N–H and O–H groups in total. The minimum atomic E-state index is -4.46. The van der Waals surface area contributed by atoms with Crippen LogP contribution >= 0.6 is 11.6 Å². The van der Waals surface area contributed by atoms with Gasteiger partial charge in [-0.1, -0.05) is 23.7 Å². The van der Waals surface area contributed by atoms with Gasteiger partial charge in [-0.05, 0) is 54.8 Å². The van der Waals surface area contributed by atoms with Gasteiger partial charge in [0, 0.05) is 46.1 Å². The largest absolute Gasteiger partial charge is 0.497 e. The fourth-order valence-electron chi connectivity index (χ4n) is 4.61. The number of carbonyl (C=O) groups is 1. The fourth-order valence-corrected chi connectivity index (χ4v) is 4.82. The molecule has 0 spiro atoms. The van der Waals surface area contributed by atoms with E-state index in [1.807, 2.05) is 61.3 Å². The lowest BCUT2D eigenvalue weighted by molar-refractivity contribution is -0.158. The van der Waals surface area contributed by atoms with Gasteiger partial charge in [-0.3, -0.25) is 4.79 Å². The molecule has 2 unspecified atom stereocenters. The van der Waals surface area contributed by atoms with Crippen molar-refractivity contribution in [2.45, 2.75) is 31.1 Å². The first kappa shape index (κ1) is 27.8. The molecule has 0 bridgehead atoms. The zero-order chi connectivity index (χ0) is 27.7. The van der Waals surface area contributed by atoms with Crippen molar-refractivity contribution in [2.24, 2.45) is 7.05 Å². The number of benzene rings is 1. The van der Waals surface area contributed by atoms with Gasteiger partial charge in [-0.25, -0.2) is 4.98 Å². The van der Waals surface area contributed by atoms with Crippen molar-refractivity contribution < 1.29 is 22.7 Å². The molecule has 1 fully saturated rings. The third-order valence-corrected chi connectivity index (χ3v) is 7.34. The molecule has 2 aromatic heterocycles. The third kappa shape index (κ3) is 5.76. The van der Waals surface area contributed by atoms with Gasteiger partial charge in [0.15, 0.2) is 0 Å². The highest BCUT2D eigenvalue weighted by atomic mass is 35.5. The van der Waals surface area contributed by atoms with Crippen LogP contribution in [0.2, 0.25) is 5.02 Å². The van der Waals surface area contributed by atoms with Crippen LogP contribution in [-0.4, -0.2) is 66.4 Å². The number of methoxy groups -OCH3 is 1. The first-order valence-electron chi connectivity index (χ1n) is 12.2. The minimum absolute atomic E-state index is 0.0130. The summed E-state index contributed by atoms with van der Waals surface area (Å²) in [6, 6.07) is 10.7. The van der Waals surface area contributed by atoms with Crippen LogP contribution in [0.4, 0.5) is 19.0 Å². The summed E-state index contributed by atoms with van der Waals surface area (Å²) in [7, 11) is 5.11. The molecule has 0 radical (unpaired) electrons. The molecule has 3 heterocycles. The maximum absolute atomic E-state index is 13.8. The van der Waals surface area contributed by atoms with Gasteiger partial charge in [0.2, 0.25) is 0 Å². The van der Waals surface area contributed by atoms with E-state index in [0.29, 0.717) is 13.0 Å². The molecule has 7 nitrogen and oxygen atoms in total. The van der Waals surface area contributed by atoms with Crippen LogP contribution < -0.4 is 15.0 Å². The number of aryl methyl sites for hydroxylation is 1. The maximum Gasteiger partial charge on any atom is 0.405 e. The minimum Gasteiger partial charge on any atom is -0.497 e. The fraction of sp³-hybridized carbons (Fsp3) is 0.407. The van der Waals surface area contributed by atoms with Crippen molar-refractivity contribution in [3.8, 4) is 5.75 Å². The topological polar surface area (TPSA) is 62.6 Å². The molecular formula is C27H31ClF3N5O2. The number of hydrogen-bond acceptors (Lipinski definition) is 5. The second-order valence-electron chi connectivity index (χ2n) is 9.75. The van der Waals surface area contributed by atoms with Crippen LogP contribution in [0.1, 0.15) is 28.5 Å². The highest BCUT2D eigenvalue weighted by Gasteiger charge is 2.49. The second-order valence-corrected chi connectivity index (χ2v) is 10.2. The number of halogens is 4. The number of piperazine rings is 1. The zero-order valence-corrected chi connectivity index (χ0v) is 22.5. The van der Waals surface area contributed by atoms with Crippen molar-refractivity contribution in [3.63, 3.8) is 0 Å². The van der Waals surface area contributed by atoms with E-state index in [0.717, 1.165) is 16.9 Å². The molecule has 1 aromatic carbocycles. The molecule has 38 heavy (non-hydrogen) atoms. The first-order valence-corrected chi connectivity index (χ1v) is 12.6. The smallest absolute Gasteiger partial charge is 0.405 e. The van der Waals surface area contributed by atoms with Gasteiger partial charge in [-0.2, -0.15) is 13.2 Å². The summed E-state index contributed by atoms with van der Waals surface area (Å²) in [5.74, 6) is 0.544. The van der Waals surface area contributed by atoms with Gasteiger partial charge in [-0.15, -0.1) is 0 Å². The van der Waals surface area contributed by atoms with Gasteiger partial charge in [0.25, 0.3) is 5.91 Å². The summed E-state index contributed by atoms with van der Waals surface area (Å²) >= 11 is 6.52. The van der Waals surface area contributed by atoms with E-state index in [-0.39, 0.29) is 29.0 Å². The number of alkyl halides is 3. The van der Waals surface area contributed by atoms with Gasteiger partial charge in [0.05, 0.1) is 17.7 Å². The summed E-state index contributed by atoms with van der Waals surface area (Å²) in [4.78, 5) is 20.9. The van der Waals surface area contributed by atoms with E-state index in [4.69, 9.17) is 16.3 Å². The highest BCUT2D eigenvalue weighted by molar-refractivity contribution is 6.33. The van der Waals surface area contributed by atoms with E-state index < -0.39 is 24.3 Å². The lowest BCUT2D eigenvalue weighted by Gasteiger charge is -2.49. The quantitative estimate of drug-likeness (QED) is 0.465. The number of likely N-dealkylation sites (N-methyl/N-ethyl adjacent to an activating group) is 1. The van der Waals surface area contributed by atoms with Gasteiger partial charge in [0.1, 0.15) is 23.3 Å². The molecule has 1 saturated heterocycles. The predicted octanol–water partition coefficient (Wildman–Crippen LogP) is 4.65. The molecule has 2 atom stereocenters. The third-order valence-electron chi connectivity index (χ3n) is 7.05. The Labute approximate surface area is 225 Å². The Morgan fingerprint density at radius 1 is 1.24 bits per heavy atom. The highest BCUT2D eigenvalue weighted by Crippen LogP contribution is 2.40. The van der Waals surface area contributed by atoms with E-state index in [9.17, 15) is 18.0 Å². The monoisotopic (exact) mass is 549 g/mol. The van der Waals surface area contributed by atoms with E-state index in [1.165, 1.54) is 17.0 Å². The van der Waals surface area contributed by atoms with Crippen LogP contribution in [0.5, 0.6) is 5.75 Å². The molecular weight excluding hydrogens is 519 g/mol. The van der Waals surface area contributed by atoms with Gasteiger partial charge >= 0.3 is 6.18 Å². The zero-order valence-electron chi connectivity index (χ0n) is 21.7. The predicted molar refractivity (Wildman–Crippen MR) is 141 cm³/mol. The Morgan fingerprint density at radius 3 is 2.55 bits per heavy atom. The average Bonchev–Trinajstić information content (AvgIpc) is 3.34. The van der Waals surface area contributed by atoms with Crippen LogP contribution in [0.15, 0.2) is 54.9 Å². The lowest BCUT2D eigenvalue weighted by Crippen LogP contribution is -2.65. The van der Waals surface area contributed by atoms with E-state index in [2.05, 4.69) is 10.3 Å². The summed E-state index contributed by atoms with van der Waals surface area (Å²) in [5, 5.41) is 2.82. The van der Waals surface area contributed by atoms with Crippen molar-refractivity contribution in [1.82, 2.24) is 19.8 Å². The second kappa shape index (κ2) is 10.9. The Kier molecular flexibility index (Phi) is 7.94. The number of anilines is 1. The number of rotatable bonds is 7. The number of pyridine rings is 1. The number of aromatic nitrogens is 2. The Morgan fingerprint density at radius 2 is 1.95 bits per heavy atom. The molecule has 1 aliphatic heterocycles. The molecule has 1 aliphatic rings. The number of nitrogens with zero attached hydrogens (tertiary/aromatic N) is 4. The summed E-state index contributed by atoms with van der Waals surface area (Å²) in [5.41, 5.74) is 1.06. The molecule has 3 aromatic rings.